The molecule has 1 saturated carbocycles. The van der Waals surface area contributed by atoms with E-state index in [9.17, 15) is 0 Å². The molecule has 0 amide bonds. The summed E-state index contributed by atoms with van der Waals surface area (Å²) in [6, 6.07) is 0. The quantitative estimate of drug-likeness (QED) is 0.589. The van der Waals surface area contributed by atoms with E-state index in [1.165, 1.54) is 12.8 Å². The molecule has 1 fully saturated rings. The van der Waals surface area contributed by atoms with Crippen molar-refractivity contribution in [3.8, 4) is 0 Å². The van der Waals surface area contributed by atoms with E-state index >= 15 is 0 Å². The van der Waals surface area contributed by atoms with Crippen molar-refractivity contribution in [1.82, 2.24) is 14.9 Å². The Morgan fingerprint density at radius 2 is 1.95 bits per heavy atom. The minimum Gasteiger partial charge on any atom is -0.370 e. The van der Waals surface area contributed by atoms with Gasteiger partial charge in [0.15, 0.2) is 0 Å². The second kappa shape index (κ2) is 7.23. The van der Waals surface area contributed by atoms with Crippen molar-refractivity contribution in [2.75, 3.05) is 31.5 Å². The van der Waals surface area contributed by atoms with Gasteiger partial charge in [-0.2, -0.15) is 0 Å². The van der Waals surface area contributed by atoms with Gasteiger partial charge < -0.3 is 10.2 Å². The van der Waals surface area contributed by atoms with Crippen LogP contribution in [0.4, 0.5) is 5.82 Å². The van der Waals surface area contributed by atoms with Crippen molar-refractivity contribution in [1.29, 1.82) is 0 Å². The van der Waals surface area contributed by atoms with Crippen molar-refractivity contribution >= 4 is 17.4 Å². The number of hydrogen-bond donors (Lipinski definition) is 1. The second-order valence-electron chi connectivity index (χ2n) is 5.43. The minimum atomic E-state index is 0.532. The second-order valence-corrected chi connectivity index (χ2v) is 5.79. The summed E-state index contributed by atoms with van der Waals surface area (Å²) in [5.41, 5.74) is 0.957. The van der Waals surface area contributed by atoms with Crippen LogP contribution >= 0.6 is 11.6 Å². The Hall–Kier alpha value is -0.870. The van der Waals surface area contributed by atoms with Gasteiger partial charge in [-0.15, -0.1) is 0 Å². The molecule has 0 radical (unpaired) electrons. The third-order valence-corrected chi connectivity index (χ3v) is 4.25. The molecule has 4 nitrogen and oxygen atoms in total. The van der Waals surface area contributed by atoms with E-state index in [0.29, 0.717) is 11.1 Å². The highest BCUT2D eigenvalue weighted by molar-refractivity contribution is 6.30. The summed E-state index contributed by atoms with van der Waals surface area (Å²) in [6.45, 7) is 10.6. The summed E-state index contributed by atoms with van der Waals surface area (Å²) in [6.07, 6.45) is 3.50. The lowest BCUT2D eigenvalue weighted by Gasteiger charge is -2.18. The molecule has 1 heterocycles. The largest absolute Gasteiger partial charge is 0.370 e. The summed E-state index contributed by atoms with van der Waals surface area (Å²) >= 11 is 6.20. The van der Waals surface area contributed by atoms with Gasteiger partial charge in [0.05, 0.1) is 0 Å². The van der Waals surface area contributed by atoms with Gasteiger partial charge in [0.25, 0.3) is 0 Å². The lowest BCUT2D eigenvalue weighted by atomic mass is 10.3. The predicted molar refractivity (Wildman–Crippen MR) is 84.6 cm³/mol. The summed E-state index contributed by atoms with van der Waals surface area (Å²) in [4.78, 5) is 11.4. The fourth-order valence-corrected chi connectivity index (χ4v) is 2.43. The molecule has 1 aromatic heterocycles. The van der Waals surface area contributed by atoms with E-state index in [0.717, 1.165) is 49.8 Å². The molecule has 0 atom stereocenters. The van der Waals surface area contributed by atoms with Crippen LogP contribution in [0.15, 0.2) is 0 Å². The average molecular weight is 297 g/mol. The maximum atomic E-state index is 6.20. The maximum Gasteiger partial charge on any atom is 0.137 e. The van der Waals surface area contributed by atoms with Gasteiger partial charge in [0, 0.05) is 18.0 Å². The van der Waals surface area contributed by atoms with Crippen molar-refractivity contribution < 1.29 is 0 Å². The average Bonchev–Trinajstić information content (AvgIpc) is 3.27. The number of anilines is 1. The molecule has 2 rings (SSSR count). The number of nitrogens with one attached hydrogen (secondary N) is 1. The van der Waals surface area contributed by atoms with Crippen molar-refractivity contribution in [2.24, 2.45) is 0 Å². The topological polar surface area (TPSA) is 41.0 Å². The smallest absolute Gasteiger partial charge is 0.137 e. The molecule has 1 aromatic rings. The van der Waals surface area contributed by atoms with Gasteiger partial charge in [-0.3, -0.25) is 0 Å². The molecule has 1 aliphatic carbocycles. The number of aromatic nitrogens is 2. The van der Waals surface area contributed by atoms with E-state index < -0.39 is 0 Å². The monoisotopic (exact) mass is 296 g/mol. The molecule has 20 heavy (non-hydrogen) atoms. The molecule has 0 aliphatic heterocycles. The molecule has 0 saturated heterocycles. The van der Waals surface area contributed by atoms with E-state index in [4.69, 9.17) is 11.6 Å². The zero-order valence-electron chi connectivity index (χ0n) is 12.7. The van der Waals surface area contributed by atoms with Crippen LogP contribution in [0.3, 0.4) is 0 Å². The fraction of sp³-hybridized carbons (Fsp3) is 0.733. The highest BCUT2D eigenvalue weighted by Crippen LogP contribution is 2.39. The van der Waals surface area contributed by atoms with Crippen LogP contribution in [0.2, 0.25) is 5.15 Å². The summed E-state index contributed by atoms with van der Waals surface area (Å²) in [5, 5.41) is 4.01. The first kappa shape index (κ1) is 15.5. The minimum absolute atomic E-state index is 0.532. The van der Waals surface area contributed by atoms with Crippen LogP contribution < -0.4 is 5.32 Å². The van der Waals surface area contributed by atoms with Gasteiger partial charge in [-0.05, 0) is 45.8 Å². The molecule has 1 N–H and O–H groups in total. The lowest BCUT2D eigenvalue weighted by molar-refractivity contribution is 0.303. The molecule has 5 heteroatoms. The zero-order valence-corrected chi connectivity index (χ0v) is 13.5. The maximum absolute atomic E-state index is 6.20. The van der Waals surface area contributed by atoms with Gasteiger partial charge in [0.2, 0.25) is 0 Å². The summed E-state index contributed by atoms with van der Waals surface area (Å²) < 4.78 is 0. The fourth-order valence-electron chi connectivity index (χ4n) is 2.25. The molecule has 0 aromatic carbocycles. The van der Waals surface area contributed by atoms with E-state index in [1.807, 2.05) is 6.92 Å². The van der Waals surface area contributed by atoms with Crippen LogP contribution in [-0.4, -0.2) is 41.0 Å². The highest BCUT2D eigenvalue weighted by atomic mass is 35.5. The number of nitrogens with zero attached hydrogens (tertiary/aromatic N) is 3. The summed E-state index contributed by atoms with van der Waals surface area (Å²) in [7, 11) is 0. The predicted octanol–water partition coefficient (Wildman–Crippen LogP) is 3.46. The molecular formula is C15H25ClN4. The molecule has 0 bridgehead atoms. The number of rotatable bonds is 8. The van der Waals surface area contributed by atoms with Crippen LogP contribution in [-0.2, 0) is 0 Å². The Bertz CT molecular complexity index is 442. The Morgan fingerprint density at radius 1 is 1.25 bits per heavy atom. The Balaban J connectivity index is 1.88. The summed E-state index contributed by atoms with van der Waals surface area (Å²) in [5.74, 6) is 2.35. The SMILES string of the molecule is CCN(CC)CCCNc1nc(C2CC2)nc(Cl)c1C. The van der Waals surface area contributed by atoms with Crippen LogP contribution in [0.1, 0.15) is 50.4 Å². The van der Waals surface area contributed by atoms with Crippen molar-refractivity contribution in [2.45, 2.75) is 46.0 Å². The molecular weight excluding hydrogens is 272 g/mol. The molecule has 112 valence electrons. The third-order valence-electron chi connectivity index (χ3n) is 3.88. The zero-order chi connectivity index (χ0) is 14.5. The Morgan fingerprint density at radius 3 is 2.55 bits per heavy atom. The Labute approximate surface area is 126 Å². The molecule has 1 aliphatic rings. The standard InChI is InChI=1S/C15H25ClN4/c1-4-20(5-2)10-6-9-17-14-11(3)13(16)18-15(19-14)12-7-8-12/h12H,4-10H2,1-3H3,(H,17,18,19). The first-order valence-corrected chi connectivity index (χ1v) is 8.03. The number of hydrogen-bond acceptors (Lipinski definition) is 4. The van der Waals surface area contributed by atoms with Crippen molar-refractivity contribution in [3.63, 3.8) is 0 Å². The van der Waals surface area contributed by atoms with Gasteiger partial charge in [-0.1, -0.05) is 25.4 Å². The van der Waals surface area contributed by atoms with Gasteiger partial charge in [-0.25, -0.2) is 9.97 Å². The van der Waals surface area contributed by atoms with E-state index in [1.54, 1.807) is 0 Å². The third kappa shape index (κ3) is 4.06. The first-order chi connectivity index (χ1) is 9.65. The van der Waals surface area contributed by atoms with Crippen molar-refractivity contribution in [3.05, 3.63) is 16.5 Å². The van der Waals surface area contributed by atoms with Crippen LogP contribution in [0.5, 0.6) is 0 Å². The lowest BCUT2D eigenvalue weighted by Crippen LogP contribution is -2.25. The Kier molecular flexibility index (Phi) is 5.61. The van der Waals surface area contributed by atoms with Gasteiger partial charge >= 0.3 is 0 Å². The van der Waals surface area contributed by atoms with Crippen LogP contribution in [0, 0.1) is 6.92 Å². The van der Waals surface area contributed by atoms with Gasteiger partial charge in [0.1, 0.15) is 16.8 Å². The van der Waals surface area contributed by atoms with E-state index in [2.05, 4.69) is 34.0 Å². The first-order valence-electron chi connectivity index (χ1n) is 7.66. The number of halogens is 1. The molecule has 0 spiro atoms. The van der Waals surface area contributed by atoms with Crippen LogP contribution in [0.25, 0.3) is 0 Å². The normalized spacial score (nSPS) is 14.8. The highest BCUT2D eigenvalue weighted by Gasteiger charge is 2.27. The van der Waals surface area contributed by atoms with E-state index in [-0.39, 0.29) is 0 Å². The molecule has 0 unspecified atom stereocenters.